The maximum Gasteiger partial charge on any atom is 0.305 e. The summed E-state index contributed by atoms with van der Waals surface area (Å²) in [6.45, 7) is 4.91. The molecule has 6 heteroatoms. The van der Waals surface area contributed by atoms with Crippen LogP contribution < -0.4 is 5.32 Å². The molecular formula is C59H115NO5. The maximum atomic E-state index is 12.5. The Morgan fingerprint density at radius 2 is 0.723 bits per heavy atom. The zero-order chi connectivity index (χ0) is 47.2. The molecule has 0 fully saturated rings. The van der Waals surface area contributed by atoms with Crippen LogP contribution in [0.2, 0.25) is 0 Å². The van der Waals surface area contributed by atoms with Crippen molar-refractivity contribution in [2.24, 2.45) is 0 Å². The Hall–Kier alpha value is -1.40. The highest BCUT2D eigenvalue weighted by molar-refractivity contribution is 5.76. The number of ether oxygens (including phenoxy) is 1. The zero-order valence-electron chi connectivity index (χ0n) is 44.0. The van der Waals surface area contributed by atoms with Gasteiger partial charge >= 0.3 is 5.97 Å². The van der Waals surface area contributed by atoms with E-state index in [4.69, 9.17) is 4.74 Å². The molecule has 0 saturated carbocycles. The molecule has 1 amide bonds. The van der Waals surface area contributed by atoms with E-state index in [1.54, 1.807) is 0 Å². The van der Waals surface area contributed by atoms with Crippen molar-refractivity contribution in [1.29, 1.82) is 0 Å². The van der Waals surface area contributed by atoms with Gasteiger partial charge in [0.2, 0.25) is 5.91 Å². The number of carbonyl (C=O) groups excluding carboxylic acids is 2. The van der Waals surface area contributed by atoms with Crippen molar-refractivity contribution >= 4 is 11.9 Å². The molecule has 6 nitrogen and oxygen atoms in total. The first-order valence-electron chi connectivity index (χ1n) is 29.4. The summed E-state index contributed by atoms with van der Waals surface area (Å²) in [4.78, 5) is 24.6. The van der Waals surface area contributed by atoms with Gasteiger partial charge < -0.3 is 20.3 Å². The molecule has 0 radical (unpaired) electrons. The van der Waals surface area contributed by atoms with Crippen molar-refractivity contribution in [2.45, 2.75) is 341 Å². The number of rotatable bonds is 55. The third-order valence-electron chi connectivity index (χ3n) is 13.8. The first-order valence-corrected chi connectivity index (χ1v) is 29.4. The van der Waals surface area contributed by atoms with Gasteiger partial charge in [0.15, 0.2) is 0 Å². The standard InChI is InChI=1S/C59H115NO5/c1-3-5-7-9-11-13-15-17-19-21-23-24-25-26-28-30-32-35-39-43-47-51-57(62)56(55-61)60-58(63)52-48-44-40-36-34-38-42-46-50-54-65-59(64)53-49-45-41-37-33-31-29-27-22-20-18-16-14-12-10-8-6-4-2/h20,22,56-57,61-62H,3-19,21,23-55H2,1-2H3,(H,60,63)/b22-20-. The molecule has 0 aromatic heterocycles. The highest BCUT2D eigenvalue weighted by Gasteiger charge is 2.20. The average Bonchev–Trinajstić information content (AvgIpc) is 3.31. The van der Waals surface area contributed by atoms with Crippen LogP contribution in [0.25, 0.3) is 0 Å². The van der Waals surface area contributed by atoms with E-state index in [1.807, 2.05) is 0 Å². The predicted octanol–water partition coefficient (Wildman–Crippen LogP) is 18.1. The number of allylic oxidation sites excluding steroid dienone is 2. The Bertz CT molecular complexity index is 970. The second kappa shape index (κ2) is 55.2. The molecule has 0 rings (SSSR count). The summed E-state index contributed by atoms with van der Waals surface area (Å²) in [5.41, 5.74) is 0. The lowest BCUT2D eigenvalue weighted by atomic mass is 10.0. The van der Waals surface area contributed by atoms with Gasteiger partial charge in [-0.15, -0.1) is 0 Å². The Kier molecular flexibility index (Phi) is 54.0. The summed E-state index contributed by atoms with van der Waals surface area (Å²) in [7, 11) is 0. The number of amides is 1. The van der Waals surface area contributed by atoms with E-state index in [0.29, 0.717) is 25.9 Å². The van der Waals surface area contributed by atoms with E-state index in [0.717, 1.165) is 57.8 Å². The van der Waals surface area contributed by atoms with Crippen LogP contribution in [0.3, 0.4) is 0 Å². The number of unbranched alkanes of at least 4 members (excludes halogenated alkanes) is 42. The molecule has 0 saturated heterocycles. The van der Waals surface area contributed by atoms with Crippen LogP contribution >= 0.6 is 0 Å². The lowest BCUT2D eigenvalue weighted by Crippen LogP contribution is -2.45. The lowest BCUT2D eigenvalue weighted by Gasteiger charge is -2.22. The Balaban J connectivity index is 3.46. The van der Waals surface area contributed by atoms with Gasteiger partial charge in [-0.1, -0.05) is 276 Å². The topological polar surface area (TPSA) is 95.9 Å². The quantitative estimate of drug-likeness (QED) is 0.0321. The SMILES string of the molecule is CCCCCCCCC/C=C\CCCCCCCCCC(=O)OCCCCCCCCCCCC(=O)NC(CO)C(O)CCCCCCCCCCCCCCCCCCCCCCC. The van der Waals surface area contributed by atoms with Crippen LogP contribution in [0.4, 0.5) is 0 Å². The third kappa shape index (κ3) is 51.8. The van der Waals surface area contributed by atoms with Crippen molar-refractivity contribution in [1.82, 2.24) is 5.32 Å². The van der Waals surface area contributed by atoms with Gasteiger partial charge in [0.05, 0.1) is 25.4 Å². The highest BCUT2D eigenvalue weighted by atomic mass is 16.5. The molecule has 0 aromatic rings. The number of aliphatic hydroxyl groups excluding tert-OH is 2. The normalized spacial score (nSPS) is 12.6. The second-order valence-corrected chi connectivity index (χ2v) is 20.3. The minimum absolute atomic E-state index is 0.0265. The van der Waals surface area contributed by atoms with Crippen molar-refractivity contribution < 1.29 is 24.5 Å². The lowest BCUT2D eigenvalue weighted by molar-refractivity contribution is -0.143. The molecule has 0 aromatic carbocycles. The van der Waals surface area contributed by atoms with Gasteiger partial charge in [-0.3, -0.25) is 9.59 Å². The van der Waals surface area contributed by atoms with E-state index in [-0.39, 0.29) is 18.5 Å². The Morgan fingerprint density at radius 1 is 0.415 bits per heavy atom. The molecule has 0 heterocycles. The molecule has 3 N–H and O–H groups in total. The number of hydrogen-bond acceptors (Lipinski definition) is 5. The van der Waals surface area contributed by atoms with Crippen LogP contribution in [0.1, 0.15) is 328 Å². The molecule has 2 unspecified atom stereocenters. The summed E-state index contributed by atoms with van der Waals surface area (Å²) in [6.07, 6.45) is 64.9. The fraction of sp³-hybridized carbons (Fsp3) is 0.932. The third-order valence-corrected chi connectivity index (χ3v) is 13.8. The number of esters is 1. The summed E-state index contributed by atoms with van der Waals surface area (Å²) < 4.78 is 5.47. The minimum atomic E-state index is -0.682. The van der Waals surface area contributed by atoms with Crippen molar-refractivity contribution in [3.8, 4) is 0 Å². The van der Waals surface area contributed by atoms with Crippen molar-refractivity contribution in [3.05, 3.63) is 12.2 Å². The van der Waals surface area contributed by atoms with E-state index >= 15 is 0 Å². The Morgan fingerprint density at radius 3 is 1.09 bits per heavy atom. The molecule has 386 valence electrons. The molecule has 65 heavy (non-hydrogen) atoms. The van der Waals surface area contributed by atoms with Crippen LogP contribution in [-0.4, -0.2) is 47.4 Å². The smallest absolute Gasteiger partial charge is 0.305 e. The molecule has 0 aliphatic carbocycles. The number of nitrogens with one attached hydrogen (secondary N) is 1. The fourth-order valence-corrected chi connectivity index (χ4v) is 9.28. The monoisotopic (exact) mass is 918 g/mol. The average molecular weight is 919 g/mol. The number of carbonyl (C=O) groups is 2. The van der Waals surface area contributed by atoms with Gasteiger partial charge in [0.1, 0.15) is 0 Å². The number of hydrogen-bond donors (Lipinski definition) is 3. The van der Waals surface area contributed by atoms with Crippen molar-refractivity contribution in [3.63, 3.8) is 0 Å². The first kappa shape index (κ1) is 63.6. The molecular weight excluding hydrogens is 803 g/mol. The molecule has 0 aliphatic rings. The summed E-state index contributed by atoms with van der Waals surface area (Å²) in [6, 6.07) is -0.562. The van der Waals surface area contributed by atoms with Gasteiger partial charge in [-0.25, -0.2) is 0 Å². The van der Waals surface area contributed by atoms with Crippen molar-refractivity contribution in [2.75, 3.05) is 13.2 Å². The van der Waals surface area contributed by atoms with Crippen LogP contribution in [-0.2, 0) is 14.3 Å². The second-order valence-electron chi connectivity index (χ2n) is 20.3. The van der Waals surface area contributed by atoms with E-state index < -0.39 is 12.1 Å². The summed E-state index contributed by atoms with van der Waals surface area (Å²) in [5, 5.41) is 23.3. The molecule has 0 aliphatic heterocycles. The molecule has 2 atom stereocenters. The fourth-order valence-electron chi connectivity index (χ4n) is 9.28. The Labute approximate surface area is 406 Å². The number of aliphatic hydroxyl groups is 2. The molecule has 0 spiro atoms. The largest absolute Gasteiger partial charge is 0.466 e. The first-order chi connectivity index (χ1) is 32.0. The predicted molar refractivity (Wildman–Crippen MR) is 283 cm³/mol. The van der Waals surface area contributed by atoms with E-state index in [9.17, 15) is 19.8 Å². The van der Waals surface area contributed by atoms with Gasteiger partial charge in [0.25, 0.3) is 0 Å². The van der Waals surface area contributed by atoms with Gasteiger partial charge in [-0.2, -0.15) is 0 Å². The minimum Gasteiger partial charge on any atom is -0.466 e. The molecule has 0 bridgehead atoms. The highest BCUT2D eigenvalue weighted by Crippen LogP contribution is 2.18. The van der Waals surface area contributed by atoms with Crippen LogP contribution in [0.15, 0.2) is 12.2 Å². The summed E-state index contributed by atoms with van der Waals surface area (Å²) in [5.74, 6) is -0.0856. The van der Waals surface area contributed by atoms with Gasteiger partial charge in [0, 0.05) is 12.8 Å². The van der Waals surface area contributed by atoms with Gasteiger partial charge in [-0.05, 0) is 51.4 Å². The van der Waals surface area contributed by atoms with E-state index in [1.165, 1.54) is 238 Å². The van der Waals surface area contributed by atoms with Crippen LogP contribution in [0, 0.1) is 0 Å². The summed E-state index contributed by atoms with van der Waals surface area (Å²) >= 11 is 0. The zero-order valence-corrected chi connectivity index (χ0v) is 44.0. The van der Waals surface area contributed by atoms with Crippen LogP contribution in [0.5, 0.6) is 0 Å². The maximum absolute atomic E-state index is 12.5. The van der Waals surface area contributed by atoms with E-state index in [2.05, 4.69) is 31.3 Å².